The van der Waals surface area contributed by atoms with Crippen LogP contribution in [-0.2, 0) is 6.54 Å². The van der Waals surface area contributed by atoms with Crippen LogP contribution in [0.2, 0.25) is 0 Å². The fourth-order valence-corrected chi connectivity index (χ4v) is 2.85. The first-order valence-corrected chi connectivity index (χ1v) is 8.84. The number of methoxy groups -OCH3 is 1. The predicted molar refractivity (Wildman–Crippen MR) is 106 cm³/mol. The van der Waals surface area contributed by atoms with Crippen LogP contribution in [0.3, 0.4) is 0 Å². The van der Waals surface area contributed by atoms with Crippen LogP contribution in [0.1, 0.15) is 11.1 Å². The van der Waals surface area contributed by atoms with Gasteiger partial charge in [0.2, 0.25) is 0 Å². The van der Waals surface area contributed by atoms with Crippen molar-refractivity contribution in [2.75, 3.05) is 20.3 Å². The molecule has 3 N–H and O–H groups in total. The molecule has 0 fully saturated rings. The van der Waals surface area contributed by atoms with Gasteiger partial charge in [0.05, 0.1) is 7.11 Å². The van der Waals surface area contributed by atoms with E-state index in [0.29, 0.717) is 30.2 Å². The van der Waals surface area contributed by atoms with Gasteiger partial charge in [0.25, 0.3) is 5.56 Å². The zero-order chi connectivity index (χ0) is 19.2. The lowest BCUT2D eigenvalue weighted by Gasteiger charge is -2.15. The second-order valence-corrected chi connectivity index (χ2v) is 6.46. The molecule has 0 aliphatic rings. The summed E-state index contributed by atoms with van der Waals surface area (Å²) < 4.78 is 10.8. The van der Waals surface area contributed by atoms with E-state index in [2.05, 4.69) is 10.3 Å². The van der Waals surface area contributed by atoms with E-state index >= 15 is 0 Å². The Morgan fingerprint density at radius 2 is 1.93 bits per heavy atom. The number of aryl methyl sites for hydroxylation is 1. The van der Waals surface area contributed by atoms with Gasteiger partial charge in [-0.25, -0.2) is 0 Å². The molecule has 0 aliphatic carbocycles. The van der Waals surface area contributed by atoms with Crippen molar-refractivity contribution in [1.29, 1.82) is 0 Å². The highest BCUT2D eigenvalue weighted by molar-refractivity contribution is 5.79. The average molecular weight is 368 g/mol. The van der Waals surface area contributed by atoms with Crippen molar-refractivity contribution in [2.24, 2.45) is 0 Å². The smallest absolute Gasteiger partial charge is 0.252 e. The topological polar surface area (TPSA) is 83.6 Å². The molecule has 2 aromatic carbocycles. The standard InChI is InChI=1S/C21H24N2O4/c1-14-7-8-15-10-16(21(25)23-18(15)9-14)11-22-12-17(24)13-27-20-6-4-3-5-19(20)26-2/h3-10,17,22,24H,11-13H2,1-2H3,(H,23,25)/t17-/m0/s1. The van der Waals surface area contributed by atoms with Gasteiger partial charge in [-0.15, -0.1) is 0 Å². The maximum atomic E-state index is 12.2. The summed E-state index contributed by atoms with van der Waals surface area (Å²) in [5.74, 6) is 1.20. The highest BCUT2D eigenvalue weighted by atomic mass is 16.5. The maximum Gasteiger partial charge on any atom is 0.252 e. The number of nitrogens with one attached hydrogen (secondary N) is 2. The molecule has 27 heavy (non-hydrogen) atoms. The fraction of sp³-hybridized carbons (Fsp3) is 0.286. The SMILES string of the molecule is COc1ccccc1OC[C@@H](O)CNCc1cc2ccc(C)cc2[nH]c1=O. The quantitative estimate of drug-likeness (QED) is 0.569. The van der Waals surface area contributed by atoms with Crippen LogP contribution < -0.4 is 20.3 Å². The molecule has 142 valence electrons. The Kier molecular flexibility index (Phi) is 6.11. The van der Waals surface area contributed by atoms with Crippen LogP contribution >= 0.6 is 0 Å². The Morgan fingerprint density at radius 3 is 2.70 bits per heavy atom. The fourth-order valence-electron chi connectivity index (χ4n) is 2.85. The molecule has 0 saturated heterocycles. The molecule has 0 aliphatic heterocycles. The zero-order valence-electron chi connectivity index (χ0n) is 15.5. The van der Waals surface area contributed by atoms with Crippen molar-refractivity contribution in [3.05, 3.63) is 70.0 Å². The Morgan fingerprint density at radius 1 is 1.15 bits per heavy atom. The van der Waals surface area contributed by atoms with Crippen LogP contribution in [-0.4, -0.2) is 36.5 Å². The molecular formula is C21H24N2O4. The monoisotopic (exact) mass is 368 g/mol. The number of ether oxygens (including phenoxy) is 2. The minimum atomic E-state index is -0.711. The van der Waals surface area contributed by atoms with Gasteiger partial charge in [-0.3, -0.25) is 4.79 Å². The second-order valence-electron chi connectivity index (χ2n) is 6.46. The number of fused-ring (bicyclic) bond motifs is 1. The number of H-pyrrole nitrogens is 1. The number of aromatic amines is 1. The van der Waals surface area contributed by atoms with Crippen LogP contribution in [0.25, 0.3) is 10.9 Å². The first-order valence-electron chi connectivity index (χ1n) is 8.84. The summed E-state index contributed by atoms with van der Waals surface area (Å²) in [4.78, 5) is 15.1. The molecule has 0 spiro atoms. The highest BCUT2D eigenvalue weighted by Gasteiger charge is 2.09. The third kappa shape index (κ3) is 4.87. The molecule has 1 atom stereocenters. The lowest BCUT2D eigenvalue weighted by atomic mass is 10.1. The Hall–Kier alpha value is -2.83. The van der Waals surface area contributed by atoms with Gasteiger partial charge in [-0.2, -0.15) is 0 Å². The molecule has 3 rings (SSSR count). The predicted octanol–water partition coefficient (Wildman–Crippen LogP) is 2.37. The van der Waals surface area contributed by atoms with E-state index in [-0.39, 0.29) is 12.2 Å². The minimum Gasteiger partial charge on any atom is -0.493 e. The lowest BCUT2D eigenvalue weighted by molar-refractivity contribution is 0.104. The number of hydrogen-bond donors (Lipinski definition) is 3. The zero-order valence-corrected chi connectivity index (χ0v) is 15.5. The maximum absolute atomic E-state index is 12.2. The van der Waals surface area contributed by atoms with Gasteiger partial charge >= 0.3 is 0 Å². The summed E-state index contributed by atoms with van der Waals surface area (Å²) in [6.07, 6.45) is -0.711. The second kappa shape index (κ2) is 8.70. The number of aliphatic hydroxyl groups is 1. The van der Waals surface area contributed by atoms with Crippen molar-refractivity contribution in [3.63, 3.8) is 0 Å². The summed E-state index contributed by atoms with van der Waals surface area (Å²) in [5.41, 5.74) is 2.43. The molecule has 0 saturated carbocycles. The van der Waals surface area contributed by atoms with Crippen LogP contribution in [0.15, 0.2) is 53.3 Å². The number of rotatable bonds is 8. The van der Waals surface area contributed by atoms with Crippen LogP contribution in [0, 0.1) is 6.92 Å². The summed E-state index contributed by atoms with van der Waals surface area (Å²) >= 11 is 0. The molecule has 6 nitrogen and oxygen atoms in total. The number of para-hydroxylation sites is 2. The van der Waals surface area contributed by atoms with E-state index in [4.69, 9.17) is 9.47 Å². The number of hydrogen-bond acceptors (Lipinski definition) is 5. The lowest BCUT2D eigenvalue weighted by Crippen LogP contribution is -2.32. The summed E-state index contributed by atoms with van der Waals surface area (Å²) in [7, 11) is 1.57. The van der Waals surface area contributed by atoms with E-state index in [0.717, 1.165) is 16.5 Å². The van der Waals surface area contributed by atoms with E-state index in [1.165, 1.54) is 0 Å². The first kappa shape index (κ1) is 18.9. The highest BCUT2D eigenvalue weighted by Crippen LogP contribution is 2.25. The van der Waals surface area contributed by atoms with Crippen molar-refractivity contribution < 1.29 is 14.6 Å². The Labute approximate surface area is 157 Å². The van der Waals surface area contributed by atoms with Gasteiger partial charge in [0.1, 0.15) is 12.7 Å². The van der Waals surface area contributed by atoms with Gasteiger partial charge < -0.3 is 24.9 Å². The van der Waals surface area contributed by atoms with E-state index in [1.54, 1.807) is 19.2 Å². The van der Waals surface area contributed by atoms with Crippen LogP contribution in [0.4, 0.5) is 0 Å². The molecule has 0 unspecified atom stereocenters. The summed E-state index contributed by atoms with van der Waals surface area (Å²) in [6.45, 7) is 2.79. The van der Waals surface area contributed by atoms with Gasteiger partial charge in [-0.05, 0) is 42.1 Å². The Balaban J connectivity index is 1.53. The molecule has 0 bridgehead atoms. The van der Waals surface area contributed by atoms with E-state index in [1.807, 2.05) is 43.3 Å². The van der Waals surface area contributed by atoms with E-state index < -0.39 is 6.10 Å². The number of pyridine rings is 1. The number of aliphatic hydroxyl groups excluding tert-OH is 1. The molecular weight excluding hydrogens is 344 g/mol. The first-order chi connectivity index (χ1) is 13.1. The van der Waals surface area contributed by atoms with Crippen molar-refractivity contribution >= 4 is 10.9 Å². The van der Waals surface area contributed by atoms with Gasteiger partial charge in [-0.1, -0.05) is 24.3 Å². The van der Waals surface area contributed by atoms with Crippen molar-refractivity contribution in [1.82, 2.24) is 10.3 Å². The molecule has 0 amide bonds. The summed E-state index contributed by atoms with van der Waals surface area (Å²) in [6, 6.07) is 15.1. The number of benzene rings is 2. The third-order valence-corrected chi connectivity index (χ3v) is 4.27. The normalized spacial score (nSPS) is 12.1. The molecule has 6 heteroatoms. The van der Waals surface area contributed by atoms with E-state index in [9.17, 15) is 9.90 Å². The molecule has 0 radical (unpaired) electrons. The largest absolute Gasteiger partial charge is 0.493 e. The third-order valence-electron chi connectivity index (χ3n) is 4.27. The average Bonchev–Trinajstić information content (AvgIpc) is 2.67. The van der Waals surface area contributed by atoms with Crippen LogP contribution in [0.5, 0.6) is 11.5 Å². The van der Waals surface area contributed by atoms with Crippen molar-refractivity contribution in [3.8, 4) is 11.5 Å². The molecule has 1 heterocycles. The molecule has 1 aromatic heterocycles. The Bertz CT molecular complexity index is 968. The number of aromatic nitrogens is 1. The van der Waals surface area contributed by atoms with Crippen molar-refractivity contribution in [2.45, 2.75) is 19.6 Å². The van der Waals surface area contributed by atoms with Gasteiger partial charge in [0.15, 0.2) is 11.5 Å². The van der Waals surface area contributed by atoms with Gasteiger partial charge in [0, 0.05) is 24.2 Å². The summed E-state index contributed by atoms with van der Waals surface area (Å²) in [5, 5.41) is 14.2. The molecule has 3 aromatic rings. The minimum absolute atomic E-state index is 0.125.